The number of aromatic amines is 1. The van der Waals surface area contributed by atoms with Gasteiger partial charge in [-0.25, -0.2) is 9.78 Å². The standard InChI is InChI=1S/C9H14N4O3.Al.3H/c10-2-1-8(14)13-7(9(15)16)3-6-4-11-5-12-6;;;;/h4-5,7H,1-3,10H2,(H,11,12)(H,13,14)(H,15,16);;;;. The molecule has 0 aromatic carbocycles. The van der Waals surface area contributed by atoms with Crippen LogP contribution in [0.25, 0.3) is 0 Å². The third-order valence-electron chi connectivity index (χ3n) is 1.97. The van der Waals surface area contributed by atoms with Gasteiger partial charge in [0.1, 0.15) is 6.04 Å². The van der Waals surface area contributed by atoms with Crippen LogP contribution in [-0.4, -0.2) is 56.9 Å². The van der Waals surface area contributed by atoms with Crippen LogP contribution in [0.15, 0.2) is 12.5 Å². The molecule has 1 unspecified atom stereocenters. The van der Waals surface area contributed by atoms with Gasteiger partial charge < -0.3 is 21.1 Å². The number of aromatic nitrogens is 2. The number of aliphatic carboxylic acids is 1. The zero-order valence-electron chi connectivity index (χ0n) is 8.64. The monoisotopic (exact) mass is 256 g/mol. The van der Waals surface area contributed by atoms with E-state index in [1.165, 1.54) is 6.33 Å². The van der Waals surface area contributed by atoms with Crippen molar-refractivity contribution in [1.82, 2.24) is 15.3 Å². The van der Waals surface area contributed by atoms with Crippen LogP contribution in [-0.2, 0) is 16.0 Å². The fourth-order valence-electron chi connectivity index (χ4n) is 1.21. The second kappa shape index (κ2) is 7.84. The summed E-state index contributed by atoms with van der Waals surface area (Å²) in [5.41, 5.74) is 5.78. The highest BCUT2D eigenvalue weighted by molar-refractivity contribution is 5.83. The van der Waals surface area contributed by atoms with Gasteiger partial charge in [0.2, 0.25) is 5.91 Å². The van der Waals surface area contributed by atoms with E-state index in [1.54, 1.807) is 6.20 Å². The average Bonchev–Trinajstić information content (AvgIpc) is 2.69. The van der Waals surface area contributed by atoms with Gasteiger partial charge in [-0.15, -0.1) is 0 Å². The number of carboxylic acids is 1. The predicted octanol–water partition coefficient (Wildman–Crippen LogP) is -2.31. The third kappa shape index (κ3) is 5.49. The maximum atomic E-state index is 11.2. The molecule has 1 amide bonds. The number of rotatable bonds is 6. The van der Waals surface area contributed by atoms with E-state index in [0.717, 1.165) is 0 Å². The van der Waals surface area contributed by atoms with Crippen molar-refractivity contribution < 1.29 is 14.7 Å². The zero-order valence-corrected chi connectivity index (χ0v) is 8.64. The van der Waals surface area contributed by atoms with Gasteiger partial charge in [0.25, 0.3) is 0 Å². The lowest BCUT2D eigenvalue weighted by Gasteiger charge is -2.12. The van der Waals surface area contributed by atoms with Crippen molar-refractivity contribution in [2.24, 2.45) is 5.73 Å². The highest BCUT2D eigenvalue weighted by Crippen LogP contribution is 1.99. The molecule has 8 heteroatoms. The van der Waals surface area contributed by atoms with Gasteiger partial charge in [-0.3, -0.25) is 4.79 Å². The predicted molar refractivity (Wildman–Crippen MR) is 65.5 cm³/mol. The van der Waals surface area contributed by atoms with Crippen LogP contribution in [0.4, 0.5) is 0 Å². The van der Waals surface area contributed by atoms with E-state index >= 15 is 0 Å². The van der Waals surface area contributed by atoms with Gasteiger partial charge >= 0.3 is 5.97 Å². The molecular formula is C9H17AlN4O3. The number of hydrogen-bond donors (Lipinski definition) is 4. The first kappa shape index (κ1) is 15.6. The molecule has 1 rings (SSSR count). The maximum Gasteiger partial charge on any atom is 0.326 e. The Morgan fingerprint density at radius 1 is 1.59 bits per heavy atom. The van der Waals surface area contributed by atoms with Gasteiger partial charge in [-0.05, 0) is 0 Å². The Bertz CT molecular complexity index is 355. The summed E-state index contributed by atoms with van der Waals surface area (Å²) in [6.07, 6.45) is 3.31. The zero-order chi connectivity index (χ0) is 12.0. The number of H-pyrrole nitrogens is 1. The molecule has 0 aliphatic carbocycles. The quantitative estimate of drug-likeness (QED) is 0.426. The van der Waals surface area contributed by atoms with Gasteiger partial charge in [0.05, 0.1) is 12.0 Å². The Hall–Kier alpha value is -1.36. The molecule has 0 radical (unpaired) electrons. The van der Waals surface area contributed by atoms with Crippen LogP contribution in [0.2, 0.25) is 0 Å². The molecule has 94 valence electrons. The van der Waals surface area contributed by atoms with E-state index in [0.29, 0.717) is 5.69 Å². The van der Waals surface area contributed by atoms with Crippen molar-refractivity contribution in [2.75, 3.05) is 6.54 Å². The molecule has 0 saturated heterocycles. The topological polar surface area (TPSA) is 121 Å². The minimum Gasteiger partial charge on any atom is -0.480 e. The number of nitrogens with one attached hydrogen (secondary N) is 2. The number of carbonyl (C=O) groups is 2. The number of carboxylic acid groups (broad SMARTS) is 1. The summed E-state index contributed by atoms with van der Waals surface area (Å²) in [6.45, 7) is 0.195. The lowest BCUT2D eigenvalue weighted by Crippen LogP contribution is -2.42. The summed E-state index contributed by atoms with van der Waals surface area (Å²) in [4.78, 5) is 28.7. The smallest absolute Gasteiger partial charge is 0.326 e. The largest absolute Gasteiger partial charge is 0.480 e. The number of imidazole rings is 1. The molecular weight excluding hydrogens is 239 g/mol. The normalized spacial score (nSPS) is 11.4. The van der Waals surface area contributed by atoms with Crippen LogP contribution >= 0.6 is 0 Å². The first-order valence-electron chi connectivity index (χ1n) is 4.83. The molecule has 0 aliphatic rings. The first-order chi connectivity index (χ1) is 7.63. The van der Waals surface area contributed by atoms with E-state index in [4.69, 9.17) is 10.8 Å². The second-order valence-electron chi connectivity index (χ2n) is 3.26. The lowest BCUT2D eigenvalue weighted by molar-refractivity contribution is -0.141. The van der Waals surface area contributed by atoms with Crippen molar-refractivity contribution in [3.8, 4) is 0 Å². The van der Waals surface area contributed by atoms with Crippen molar-refractivity contribution >= 4 is 29.2 Å². The summed E-state index contributed by atoms with van der Waals surface area (Å²) >= 11 is 0. The molecule has 0 fully saturated rings. The number of hydrogen-bond acceptors (Lipinski definition) is 4. The molecule has 0 aliphatic heterocycles. The number of nitrogens with zero attached hydrogens (tertiary/aromatic N) is 1. The molecule has 0 saturated carbocycles. The minimum atomic E-state index is -1.09. The Balaban J connectivity index is 0.00000256. The second-order valence-corrected chi connectivity index (χ2v) is 3.26. The summed E-state index contributed by atoms with van der Waals surface area (Å²) in [7, 11) is 0. The minimum absolute atomic E-state index is 0. The van der Waals surface area contributed by atoms with Crippen molar-refractivity contribution in [2.45, 2.75) is 18.9 Å². The average molecular weight is 256 g/mol. The van der Waals surface area contributed by atoms with Crippen LogP contribution in [0.5, 0.6) is 0 Å². The summed E-state index contributed by atoms with van der Waals surface area (Å²) in [5.74, 6) is -1.46. The number of nitrogens with two attached hydrogens (primary N) is 1. The van der Waals surface area contributed by atoms with Gasteiger partial charge in [-0.1, -0.05) is 0 Å². The van der Waals surface area contributed by atoms with Gasteiger partial charge in [0.15, 0.2) is 17.4 Å². The Morgan fingerprint density at radius 3 is 2.76 bits per heavy atom. The highest BCUT2D eigenvalue weighted by Gasteiger charge is 2.20. The van der Waals surface area contributed by atoms with Crippen molar-refractivity contribution in [3.05, 3.63) is 18.2 Å². The lowest BCUT2D eigenvalue weighted by atomic mass is 10.1. The highest BCUT2D eigenvalue weighted by atomic mass is 27.0. The summed E-state index contributed by atoms with van der Waals surface area (Å²) in [6, 6.07) is -0.970. The van der Waals surface area contributed by atoms with Crippen LogP contribution < -0.4 is 11.1 Å². The maximum absolute atomic E-state index is 11.2. The van der Waals surface area contributed by atoms with E-state index in [2.05, 4.69) is 15.3 Å². The van der Waals surface area contributed by atoms with E-state index < -0.39 is 12.0 Å². The van der Waals surface area contributed by atoms with Crippen LogP contribution in [0.3, 0.4) is 0 Å². The molecule has 1 atom stereocenters. The molecule has 7 nitrogen and oxygen atoms in total. The van der Waals surface area contributed by atoms with E-state index in [1.807, 2.05) is 0 Å². The Labute approximate surface area is 109 Å². The molecule has 1 aromatic heterocycles. The molecule has 0 spiro atoms. The summed E-state index contributed by atoms with van der Waals surface area (Å²) in [5, 5.41) is 11.3. The third-order valence-corrected chi connectivity index (χ3v) is 1.97. The summed E-state index contributed by atoms with van der Waals surface area (Å²) < 4.78 is 0. The van der Waals surface area contributed by atoms with E-state index in [9.17, 15) is 9.59 Å². The number of carbonyl (C=O) groups excluding carboxylic acids is 1. The van der Waals surface area contributed by atoms with E-state index in [-0.39, 0.29) is 42.7 Å². The van der Waals surface area contributed by atoms with Gasteiger partial charge in [0, 0.05) is 25.6 Å². The Morgan fingerprint density at radius 2 is 2.29 bits per heavy atom. The molecule has 1 heterocycles. The SMILES string of the molecule is NCCC(=O)NC(Cc1c[nH]cn1)C(=O)O.[AlH3]. The van der Waals surface area contributed by atoms with Crippen molar-refractivity contribution in [1.29, 1.82) is 0 Å². The molecule has 5 N–H and O–H groups in total. The van der Waals surface area contributed by atoms with Gasteiger partial charge in [-0.2, -0.15) is 0 Å². The Kier molecular flexibility index (Phi) is 7.22. The van der Waals surface area contributed by atoms with Crippen LogP contribution in [0, 0.1) is 0 Å². The molecule has 1 aromatic rings. The first-order valence-corrected chi connectivity index (χ1v) is 4.83. The molecule has 17 heavy (non-hydrogen) atoms. The fourth-order valence-corrected chi connectivity index (χ4v) is 1.21. The molecule has 0 bridgehead atoms. The fraction of sp³-hybridized carbons (Fsp3) is 0.444. The number of amides is 1. The van der Waals surface area contributed by atoms with Crippen LogP contribution in [0.1, 0.15) is 12.1 Å². The van der Waals surface area contributed by atoms with Crippen molar-refractivity contribution in [3.63, 3.8) is 0 Å².